The van der Waals surface area contributed by atoms with Crippen LogP contribution in [0.5, 0.6) is 0 Å². The third-order valence-electron chi connectivity index (χ3n) is 1.97. The Morgan fingerprint density at radius 2 is 2.08 bits per heavy atom. The molecule has 0 radical (unpaired) electrons. The van der Waals surface area contributed by atoms with Crippen molar-refractivity contribution in [1.82, 2.24) is 4.90 Å². The maximum absolute atomic E-state index is 11.4. The Morgan fingerprint density at radius 3 is 2.33 bits per heavy atom. The number of likely N-dealkylation sites (N-methyl/N-ethyl adjacent to an activating group) is 1. The molecule has 1 atom stereocenters. The van der Waals surface area contributed by atoms with E-state index in [0.717, 1.165) is 13.0 Å². The molecular weight excluding hydrogens is 154 g/mol. The standard InChI is InChI=1S/C9H17NO2/c1-9(2,3)12-8(11)7-5-6-10(7)4/h7H,5-6H2,1-4H3. The summed E-state index contributed by atoms with van der Waals surface area (Å²) in [5.41, 5.74) is -0.354. The molecule has 0 N–H and O–H groups in total. The molecule has 0 bridgehead atoms. The van der Waals surface area contributed by atoms with Crippen LogP contribution in [0.2, 0.25) is 0 Å². The van der Waals surface area contributed by atoms with Crippen LogP contribution < -0.4 is 0 Å². The molecule has 0 aromatic heterocycles. The van der Waals surface area contributed by atoms with E-state index in [1.54, 1.807) is 0 Å². The van der Waals surface area contributed by atoms with Crippen LogP contribution in [0.1, 0.15) is 27.2 Å². The first-order valence-electron chi connectivity index (χ1n) is 4.33. The van der Waals surface area contributed by atoms with E-state index in [1.165, 1.54) is 0 Å². The van der Waals surface area contributed by atoms with E-state index in [1.807, 2.05) is 32.7 Å². The number of esters is 1. The minimum Gasteiger partial charge on any atom is -0.459 e. The summed E-state index contributed by atoms with van der Waals surface area (Å²) in [7, 11) is 1.94. The van der Waals surface area contributed by atoms with E-state index in [0.29, 0.717) is 0 Å². The van der Waals surface area contributed by atoms with Gasteiger partial charge in [0.1, 0.15) is 11.6 Å². The average molecular weight is 171 g/mol. The minimum atomic E-state index is -0.354. The van der Waals surface area contributed by atoms with Crippen molar-refractivity contribution in [3.05, 3.63) is 0 Å². The zero-order valence-electron chi connectivity index (χ0n) is 8.26. The molecule has 3 nitrogen and oxygen atoms in total. The van der Waals surface area contributed by atoms with Crippen molar-refractivity contribution >= 4 is 5.97 Å². The molecule has 0 spiro atoms. The van der Waals surface area contributed by atoms with Crippen LogP contribution in [-0.4, -0.2) is 36.1 Å². The van der Waals surface area contributed by atoms with Crippen molar-refractivity contribution in [1.29, 1.82) is 0 Å². The fourth-order valence-corrected chi connectivity index (χ4v) is 1.18. The molecule has 70 valence electrons. The van der Waals surface area contributed by atoms with Gasteiger partial charge in [-0.05, 0) is 34.2 Å². The van der Waals surface area contributed by atoms with Gasteiger partial charge in [0.05, 0.1) is 0 Å². The maximum Gasteiger partial charge on any atom is 0.323 e. The van der Waals surface area contributed by atoms with Gasteiger partial charge in [-0.2, -0.15) is 0 Å². The summed E-state index contributed by atoms with van der Waals surface area (Å²) in [6.45, 7) is 6.68. The summed E-state index contributed by atoms with van der Waals surface area (Å²) >= 11 is 0. The van der Waals surface area contributed by atoms with Crippen molar-refractivity contribution in [2.45, 2.75) is 38.8 Å². The number of nitrogens with zero attached hydrogens (tertiary/aromatic N) is 1. The highest BCUT2D eigenvalue weighted by molar-refractivity contribution is 5.77. The monoisotopic (exact) mass is 171 g/mol. The van der Waals surface area contributed by atoms with Crippen molar-refractivity contribution in [2.75, 3.05) is 13.6 Å². The summed E-state index contributed by atoms with van der Waals surface area (Å²) in [6.07, 6.45) is 0.936. The molecule has 1 heterocycles. The number of carbonyl (C=O) groups excluding carboxylic acids is 1. The van der Waals surface area contributed by atoms with Crippen LogP contribution >= 0.6 is 0 Å². The average Bonchev–Trinajstić information content (AvgIpc) is 1.79. The molecule has 1 aliphatic rings. The molecule has 0 saturated carbocycles. The Morgan fingerprint density at radius 1 is 1.50 bits per heavy atom. The molecule has 0 aromatic carbocycles. The van der Waals surface area contributed by atoms with E-state index >= 15 is 0 Å². The van der Waals surface area contributed by atoms with Crippen LogP contribution in [0.15, 0.2) is 0 Å². The number of likely N-dealkylation sites (tertiary alicyclic amines) is 1. The maximum atomic E-state index is 11.4. The van der Waals surface area contributed by atoms with Gasteiger partial charge in [-0.15, -0.1) is 0 Å². The van der Waals surface area contributed by atoms with Crippen LogP contribution in [0.3, 0.4) is 0 Å². The molecule has 1 unspecified atom stereocenters. The van der Waals surface area contributed by atoms with Gasteiger partial charge in [-0.3, -0.25) is 9.69 Å². The van der Waals surface area contributed by atoms with Gasteiger partial charge in [0, 0.05) is 6.54 Å². The lowest BCUT2D eigenvalue weighted by atomic mass is 10.0. The second-order valence-corrected chi connectivity index (χ2v) is 4.32. The number of rotatable bonds is 1. The molecular formula is C9H17NO2. The lowest BCUT2D eigenvalue weighted by Gasteiger charge is -2.37. The largest absolute Gasteiger partial charge is 0.459 e. The molecule has 3 heteroatoms. The second kappa shape index (κ2) is 3.05. The highest BCUT2D eigenvalue weighted by atomic mass is 16.6. The summed E-state index contributed by atoms with van der Waals surface area (Å²) in [5, 5.41) is 0. The predicted molar refractivity (Wildman–Crippen MR) is 46.9 cm³/mol. The minimum absolute atomic E-state index is 0.00391. The van der Waals surface area contributed by atoms with Crippen LogP contribution in [-0.2, 0) is 9.53 Å². The van der Waals surface area contributed by atoms with Crippen molar-refractivity contribution < 1.29 is 9.53 Å². The Labute approximate surface area is 73.7 Å². The third-order valence-corrected chi connectivity index (χ3v) is 1.97. The highest BCUT2D eigenvalue weighted by Gasteiger charge is 2.34. The zero-order valence-corrected chi connectivity index (χ0v) is 8.26. The molecule has 1 saturated heterocycles. The number of ether oxygens (including phenoxy) is 1. The van der Waals surface area contributed by atoms with E-state index in [-0.39, 0.29) is 17.6 Å². The van der Waals surface area contributed by atoms with Crippen molar-refractivity contribution in [2.24, 2.45) is 0 Å². The van der Waals surface area contributed by atoms with E-state index in [4.69, 9.17) is 4.74 Å². The molecule has 0 aromatic rings. The van der Waals surface area contributed by atoms with Gasteiger partial charge in [0.2, 0.25) is 0 Å². The van der Waals surface area contributed by atoms with Crippen LogP contribution in [0.4, 0.5) is 0 Å². The van der Waals surface area contributed by atoms with Crippen molar-refractivity contribution in [3.63, 3.8) is 0 Å². The Kier molecular flexibility index (Phi) is 2.42. The summed E-state index contributed by atoms with van der Waals surface area (Å²) in [6, 6.07) is 0.00391. The van der Waals surface area contributed by atoms with E-state index in [9.17, 15) is 4.79 Å². The molecule has 0 amide bonds. The Balaban J connectivity index is 2.39. The Bertz CT molecular complexity index is 183. The number of hydrogen-bond acceptors (Lipinski definition) is 3. The SMILES string of the molecule is CN1CCC1C(=O)OC(C)(C)C. The van der Waals surface area contributed by atoms with E-state index < -0.39 is 0 Å². The summed E-state index contributed by atoms with van der Waals surface area (Å²) in [5.74, 6) is -0.0868. The molecule has 1 rings (SSSR count). The quantitative estimate of drug-likeness (QED) is 0.552. The zero-order chi connectivity index (χ0) is 9.35. The van der Waals surface area contributed by atoms with Gasteiger partial charge >= 0.3 is 5.97 Å². The first-order valence-corrected chi connectivity index (χ1v) is 4.33. The lowest BCUT2D eigenvalue weighted by molar-refractivity contribution is -0.165. The van der Waals surface area contributed by atoms with Gasteiger partial charge in [-0.25, -0.2) is 0 Å². The first kappa shape index (κ1) is 9.52. The van der Waals surface area contributed by atoms with E-state index in [2.05, 4.69) is 0 Å². The molecule has 1 fully saturated rings. The Hall–Kier alpha value is -0.570. The van der Waals surface area contributed by atoms with Crippen LogP contribution in [0, 0.1) is 0 Å². The fourth-order valence-electron chi connectivity index (χ4n) is 1.18. The molecule has 1 aliphatic heterocycles. The third kappa shape index (κ3) is 2.21. The second-order valence-electron chi connectivity index (χ2n) is 4.32. The summed E-state index contributed by atoms with van der Waals surface area (Å²) < 4.78 is 5.23. The number of hydrogen-bond donors (Lipinski definition) is 0. The van der Waals surface area contributed by atoms with Gasteiger partial charge in [0.15, 0.2) is 0 Å². The number of carbonyl (C=O) groups is 1. The highest BCUT2D eigenvalue weighted by Crippen LogP contribution is 2.18. The molecule has 12 heavy (non-hydrogen) atoms. The smallest absolute Gasteiger partial charge is 0.323 e. The summed E-state index contributed by atoms with van der Waals surface area (Å²) in [4.78, 5) is 13.4. The normalized spacial score (nSPS) is 24.8. The van der Waals surface area contributed by atoms with Gasteiger partial charge in [-0.1, -0.05) is 0 Å². The lowest BCUT2D eigenvalue weighted by Crippen LogP contribution is -2.51. The molecule has 0 aliphatic carbocycles. The first-order chi connectivity index (χ1) is 5.40. The van der Waals surface area contributed by atoms with Gasteiger partial charge in [0.25, 0.3) is 0 Å². The van der Waals surface area contributed by atoms with Crippen molar-refractivity contribution in [3.8, 4) is 0 Å². The van der Waals surface area contributed by atoms with Crippen LogP contribution in [0.25, 0.3) is 0 Å². The predicted octanol–water partition coefficient (Wildman–Crippen LogP) is 1.03. The fraction of sp³-hybridized carbons (Fsp3) is 0.889. The van der Waals surface area contributed by atoms with Gasteiger partial charge < -0.3 is 4.74 Å². The topological polar surface area (TPSA) is 29.5 Å².